The minimum Gasteiger partial charge on any atom is -0.449 e. The molecular weight excluding hydrogens is 456 g/mol. The van der Waals surface area contributed by atoms with Gasteiger partial charge in [-0.1, -0.05) is 6.07 Å². The number of hydrogen-bond donors (Lipinski definition) is 1. The summed E-state index contributed by atoms with van der Waals surface area (Å²) < 4.78 is 33.0. The van der Waals surface area contributed by atoms with Crippen LogP contribution in [0.1, 0.15) is 34.2 Å². The molecular formula is C24H28N4O5S. The molecule has 1 amide bonds. The molecule has 3 rings (SSSR count). The van der Waals surface area contributed by atoms with E-state index in [1.807, 2.05) is 19.9 Å². The standard InChI is InChI=1S/C24H28N4O5S/c1-15-7-12-21(34(31,32)27(5)6)14-22(15)25-23(29)18(4)33-24(30)19-8-10-20(11-9-19)28-17(3)13-16(2)26-28/h7-14,18H,1-6H3,(H,25,29)/t18-/m1/s1. The maximum atomic E-state index is 12.6. The van der Waals surface area contributed by atoms with Crippen LogP contribution in [0, 0.1) is 20.8 Å². The number of aromatic nitrogens is 2. The first-order valence-corrected chi connectivity index (χ1v) is 12.0. The van der Waals surface area contributed by atoms with Gasteiger partial charge in [0, 0.05) is 25.5 Å². The number of ether oxygens (including phenoxy) is 1. The van der Waals surface area contributed by atoms with Crippen LogP contribution in [0.4, 0.5) is 5.69 Å². The normalized spacial score (nSPS) is 12.4. The first kappa shape index (κ1) is 25.1. The number of carbonyl (C=O) groups is 2. The summed E-state index contributed by atoms with van der Waals surface area (Å²) in [4.78, 5) is 25.2. The smallest absolute Gasteiger partial charge is 0.338 e. The molecule has 1 atom stereocenters. The highest BCUT2D eigenvalue weighted by molar-refractivity contribution is 7.89. The number of nitrogens with one attached hydrogen (secondary N) is 1. The third-order valence-corrected chi connectivity index (χ3v) is 7.07. The van der Waals surface area contributed by atoms with E-state index < -0.39 is 28.0 Å². The lowest BCUT2D eigenvalue weighted by molar-refractivity contribution is -0.123. The SMILES string of the molecule is Cc1cc(C)n(-c2ccc(C(=O)O[C@H](C)C(=O)Nc3cc(S(=O)(=O)N(C)C)ccc3C)cc2)n1. The van der Waals surface area contributed by atoms with Crippen LogP contribution in [0.2, 0.25) is 0 Å². The van der Waals surface area contributed by atoms with Crippen LogP contribution < -0.4 is 5.32 Å². The van der Waals surface area contributed by atoms with Crippen molar-refractivity contribution in [2.75, 3.05) is 19.4 Å². The van der Waals surface area contributed by atoms with Crippen molar-refractivity contribution in [1.29, 1.82) is 0 Å². The molecule has 1 aromatic heterocycles. The second-order valence-electron chi connectivity index (χ2n) is 8.19. The van der Waals surface area contributed by atoms with Gasteiger partial charge in [-0.25, -0.2) is 22.2 Å². The number of carbonyl (C=O) groups excluding carboxylic acids is 2. The molecule has 0 aliphatic carbocycles. The number of rotatable bonds is 7. The maximum Gasteiger partial charge on any atom is 0.338 e. The van der Waals surface area contributed by atoms with Gasteiger partial charge in [-0.05, 0) is 75.7 Å². The molecule has 0 aliphatic heterocycles. The number of nitrogens with zero attached hydrogens (tertiary/aromatic N) is 3. The second kappa shape index (κ2) is 9.78. The first-order chi connectivity index (χ1) is 15.9. The Morgan fingerprint density at radius 1 is 1.03 bits per heavy atom. The Bertz CT molecular complexity index is 1330. The number of amides is 1. The van der Waals surface area contributed by atoms with Gasteiger partial charge in [0.15, 0.2) is 6.10 Å². The second-order valence-corrected chi connectivity index (χ2v) is 10.3. The predicted octanol–water partition coefficient (Wildman–Crippen LogP) is 3.23. The van der Waals surface area contributed by atoms with Gasteiger partial charge in [-0.15, -0.1) is 0 Å². The summed E-state index contributed by atoms with van der Waals surface area (Å²) in [6.07, 6.45) is -1.10. The molecule has 1 heterocycles. The van der Waals surface area contributed by atoms with Gasteiger partial charge in [-0.2, -0.15) is 5.10 Å². The lowest BCUT2D eigenvalue weighted by atomic mass is 10.2. The van der Waals surface area contributed by atoms with Crippen LogP contribution in [0.25, 0.3) is 5.69 Å². The molecule has 0 saturated heterocycles. The molecule has 0 radical (unpaired) electrons. The van der Waals surface area contributed by atoms with E-state index >= 15 is 0 Å². The highest BCUT2D eigenvalue weighted by Crippen LogP contribution is 2.22. The molecule has 0 fully saturated rings. The van der Waals surface area contributed by atoms with Gasteiger partial charge in [0.2, 0.25) is 10.0 Å². The minimum atomic E-state index is -3.66. The van der Waals surface area contributed by atoms with Crippen molar-refractivity contribution in [2.45, 2.75) is 38.7 Å². The summed E-state index contributed by atoms with van der Waals surface area (Å²) in [7, 11) is -0.803. The highest BCUT2D eigenvalue weighted by atomic mass is 32.2. The van der Waals surface area contributed by atoms with E-state index in [2.05, 4.69) is 10.4 Å². The van der Waals surface area contributed by atoms with Gasteiger partial charge in [0.1, 0.15) is 0 Å². The van der Waals surface area contributed by atoms with Crippen LogP contribution in [0.5, 0.6) is 0 Å². The van der Waals surface area contributed by atoms with E-state index in [9.17, 15) is 18.0 Å². The lowest BCUT2D eigenvalue weighted by Gasteiger charge is -2.17. The fraction of sp³-hybridized carbons (Fsp3) is 0.292. The van der Waals surface area contributed by atoms with Crippen molar-refractivity contribution >= 4 is 27.6 Å². The molecule has 9 nitrogen and oxygen atoms in total. The molecule has 180 valence electrons. The molecule has 0 aliphatic rings. The zero-order chi connectivity index (χ0) is 25.2. The molecule has 0 bridgehead atoms. The Kier molecular flexibility index (Phi) is 7.23. The Morgan fingerprint density at radius 2 is 1.68 bits per heavy atom. The minimum absolute atomic E-state index is 0.0470. The van der Waals surface area contributed by atoms with Crippen LogP contribution in [0.15, 0.2) is 53.4 Å². The molecule has 34 heavy (non-hydrogen) atoms. The number of aryl methyl sites for hydroxylation is 3. The number of hydrogen-bond acceptors (Lipinski definition) is 6. The summed E-state index contributed by atoms with van der Waals surface area (Å²) in [6.45, 7) is 7.03. The fourth-order valence-corrected chi connectivity index (χ4v) is 4.18. The molecule has 10 heteroatoms. The van der Waals surface area contributed by atoms with Gasteiger partial charge in [0.25, 0.3) is 5.91 Å². The monoisotopic (exact) mass is 484 g/mol. The molecule has 0 spiro atoms. The van der Waals surface area contributed by atoms with E-state index in [1.165, 1.54) is 33.2 Å². The van der Waals surface area contributed by atoms with Crippen molar-refractivity contribution in [3.05, 3.63) is 71.0 Å². The van der Waals surface area contributed by atoms with Gasteiger partial charge < -0.3 is 10.1 Å². The van der Waals surface area contributed by atoms with E-state index in [0.29, 0.717) is 16.8 Å². The lowest BCUT2D eigenvalue weighted by Crippen LogP contribution is -2.30. The van der Waals surface area contributed by atoms with E-state index in [4.69, 9.17) is 4.74 Å². The van der Waals surface area contributed by atoms with Crippen molar-refractivity contribution in [3.63, 3.8) is 0 Å². The maximum absolute atomic E-state index is 12.6. The molecule has 0 saturated carbocycles. The van der Waals surface area contributed by atoms with Crippen LogP contribution >= 0.6 is 0 Å². The first-order valence-electron chi connectivity index (χ1n) is 10.6. The number of sulfonamides is 1. The van der Waals surface area contributed by atoms with Crippen LogP contribution in [-0.4, -0.2) is 54.6 Å². The van der Waals surface area contributed by atoms with E-state index in [-0.39, 0.29) is 4.90 Å². The summed E-state index contributed by atoms with van der Waals surface area (Å²) in [5.41, 5.74) is 3.95. The quantitative estimate of drug-likeness (QED) is 0.516. The van der Waals surface area contributed by atoms with Crippen molar-refractivity contribution < 1.29 is 22.7 Å². The fourth-order valence-electron chi connectivity index (χ4n) is 3.25. The molecule has 1 N–H and O–H groups in total. The van der Waals surface area contributed by atoms with Crippen LogP contribution in [0.3, 0.4) is 0 Å². The number of esters is 1. The zero-order valence-electron chi connectivity index (χ0n) is 20.0. The highest BCUT2D eigenvalue weighted by Gasteiger charge is 2.22. The van der Waals surface area contributed by atoms with Gasteiger partial charge in [-0.3, -0.25) is 4.79 Å². The topological polar surface area (TPSA) is 111 Å². The largest absolute Gasteiger partial charge is 0.449 e. The van der Waals surface area contributed by atoms with Crippen molar-refractivity contribution in [1.82, 2.24) is 14.1 Å². The summed E-state index contributed by atoms with van der Waals surface area (Å²) in [5, 5.41) is 7.06. The zero-order valence-corrected chi connectivity index (χ0v) is 20.8. The van der Waals surface area contributed by atoms with E-state index in [1.54, 1.807) is 41.9 Å². The third kappa shape index (κ3) is 5.35. The number of anilines is 1. The third-order valence-electron chi connectivity index (χ3n) is 5.26. The van der Waals surface area contributed by atoms with E-state index in [0.717, 1.165) is 21.4 Å². The number of benzene rings is 2. The Labute approximate surface area is 199 Å². The summed E-state index contributed by atoms with van der Waals surface area (Å²) in [6, 6.07) is 13.1. The average molecular weight is 485 g/mol. The Hall–Kier alpha value is -3.50. The summed E-state index contributed by atoms with van der Waals surface area (Å²) in [5.74, 6) is -1.22. The Balaban J connectivity index is 1.69. The van der Waals surface area contributed by atoms with Crippen LogP contribution in [-0.2, 0) is 19.6 Å². The molecule has 3 aromatic rings. The summed E-state index contributed by atoms with van der Waals surface area (Å²) >= 11 is 0. The average Bonchev–Trinajstić information content (AvgIpc) is 3.12. The van der Waals surface area contributed by atoms with Gasteiger partial charge in [0.05, 0.1) is 21.8 Å². The van der Waals surface area contributed by atoms with Crippen molar-refractivity contribution in [3.8, 4) is 5.69 Å². The van der Waals surface area contributed by atoms with Crippen molar-refractivity contribution in [2.24, 2.45) is 0 Å². The molecule has 0 unspecified atom stereocenters. The molecule has 2 aromatic carbocycles. The van der Waals surface area contributed by atoms with Gasteiger partial charge >= 0.3 is 5.97 Å². The Morgan fingerprint density at radius 3 is 2.24 bits per heavy atom. The predicted molar refractivity (Wildman–Crippen MR) is 129 cm³/mol.